The van der Waals surface area contributed by atoms with Gasteiger partial charge in [-0.15, -0.1) is 0 Å². The van der Waals surface area contributed by atoms with Crippen molar-refractivity contribution in [1.82, 2.24) is 5.32 Å². The molecule has 0 fully saturated rings. The Morgan fingerprint density at radius 2 is 1.93 bits per heavy atom. The highest BCUT2D eigenvalue weighted by molar-refractivity contribution is 6.30. The SMILES string of the molecule is C[C@H](OC(=O)CNC(=O)c1ccc2c(c1)OCO2)C(=O)Nc1cccc(Cl)c1. The summed E-state index contributed by atoms with van der Waals surface area (Å²) in [5.74, 6) is -0.733. The molecule has 2 amide bonds. The molecule has 1 aliphatic rings. The molecule has 3 rings (SSSR count). The first kappa shape index (κ1) is 19.5. The van der Waals surface area contributed by atoms with E-state index in [4.69, 9.17) is 25.8 Å². The number of amides is 2. The second kappa shape index (κ2) is 8.62. The largest absolute Gasteiger partial charge is 0.454 e. The van der Waals surface area contributed by atoms with Crippen molar-refractivity contribution in [2.45, 2.75) is 13.0 Å². The summed E-state index contributed by atoms with van der Waals surface area (Å²) >= 11 is 5.85. The summed E-state index contributed by atoms with van der Waals surface area (Å²) in [6.07, 6.45) is -1.05. The number of hydrogen-bond donors (Lipinski definition) is 2. The van der Waals surface area contributed by atoms with Crippen LogP contribution in [0.2, 0.25) is 5.02 Å². The third-order valence-corrected chi connectivity index (χ3v) is 4.03. The Kier molecular flexibility index (Phi) is 6.00. The number of ether oxygens (including phenoxy) is 3. The lowest BCUT2D eigenvalue weighted by molar-refractivity contribution is -0.152. The summed E-state index contributed by atoms with van der Waals surface area (Å²) in [6, 6.07) is 11.3. The third-order valence-electron chi connectivity index (χ3n) is 3.80. The number of hydrogen-bond acceptors (Lipinski definition) is 6. The maximum Gasteiger partial charge on any atom is 0.326 e. The van der Waals surface area contributed by atoms with E-state index in [0.717, 1.165) is 0 Å². The molecule has 0 radical (unpaired) electrons. The molecule has 2 N–H and O–H groups in total. The molecule has 0 bridgehead atoms. The number of esters is 1. The van der Waals surface area contributed by atoms with E-state index < -0.39 is 23.9 Å². The van der Waals surface area contributed by atoms with Crippen LogP contribution in [0.3, 0.4) is 0 Å². The van der Waals surface area contributed by atoms with Gasteiger partial charge in [0, 0.05) is 16.3 Å². The van der Waals surface area contributed by atoms with Crippen molar-refractivity contribution in [2.75, 3.05) is 18.7 Å². The first-order chi connectivity index (χ1) is 13.4. The topological polar surface area (TPSA) is 103 Å². The average molecular weight is 405 g/mol. The minimum absolute atomic E-state index is 0.0991. The molecule has 1 atom stereocenters. The fraction of sp³-hybridized carbons (Fsp3) is 0.211. The van der Waals surface area contributed by atoms with E-state index in [2.05, 4.69) is 10.6 Å². The molecule has 1 aliphatic heterocycles. The number of carbonyl (C=O) groups excluding carboxylic acids is 3. The van der Waals surface area contributed by atoms with Crippen LogP contribution in [0.4, 0.5) is 5.69 Å². The summed E-state index contributed by atoms with van der Waals surface area (Å²) in [4.78, 5) is 36.1. The van der Waals surface area contributed by atoms with Gasteiger partial charge in [-0.3, -0.25) is 14.4 Å². The van der Waals surface area contributed by atoms with Crippen LogP contribution in [-0.2, 0) is 14.3 Å². The fourth-order valence-corrected chi connectivity index (χ4v) is 2.59. The van der Waals surface area contributed by atoms with Crippen LogP contribution in [0.1, 0.15) is 17.3 Å². The minimum Gasteiger partial charge on any atom is -0.454 e. The Bertz CT molecular complexity index is 917. The molecule has 146 valence electrons. The van der Waals surface area contributed by atoms with Gasteiger partial charge in [0.15, 0.2) is 17.6 Å². The molecular weight excluding hydrogens is 388 g/mol. The molecule has 0 spiro atoms. The van der Waals surface area contributed by atoms with Crippen LogP contribution in [0, 0.1) is 0 Å². The van der Waals surface area contributed by atoms with Crippen LogP contribution in [0.5, 0.6) is 11.5 Å². The Hall–Kier alpha value is -3.26. The average Bonchev–Trinajstić information content (AvgIpc) is 3.13. The predicted octanol–water partition coefficient (Wildman–Crippen LogP) is 2.37. The molecule has 0 aromatic heterocycles. The van der Waals surface area contributed by atoms with E-state index in [-0.39, 0.29) is 13.3 Å². The van der Waals surface area contributed by atoms with Crippen LogP contribution in [0.15, 0.2) is 42.5 Å². The van der Waals surface area contributed by atoms with Crippen molar-refractivity contribution < 1.29 is 28.6 Å². The van der Waals surface area contributed by atoms with Crippen molar-refractivity contribution in [3.63, 3.8) is 0 Å². The molecule has 0 saturated carbocycles. The van der Waals surface area contributed by atoms with Crippen molar-refractivity contribution in [2.24, 2.45) is 0 Å². The van der Waals surface area contributed by atoms with Crippen molar-refractivity contribution in [1.29, 1.82) is 0 Å². The van der Waals surface area contributed by atoms with Gasteiger partial charge in [-0.05, 0) is 43.3 Å². The zero-order valence-electron chi connectivity index (χ0n) is 14.9. The summed E-state index contributed by atoms with van der Waals surface area (Å²) in [7, 11) is 0. The first-order valence-electron chi connectivity index (χ1n) is 8.36. The molecule has 2 aromatic carbocycles. The highest BCUT2D eigenvalue weighted by atomic mass is 35.5. The number of halogens is 1. The van der Waals surface area contributed by atoms with Gasteiger partial charge in [-0.25, -0.2) is 0 Å². The number of fused-ring (bicyclic) bond motifs is 1. The number of anilines is 1. The molecule has 1 heterocycles. The second-order valence-electron chi connectivity index (χ2n) is 5.88. The summed E-state index contributed by atoms with van der Waals surface area (Å²) in [6.45, 7) is 1.14. The zero-order chi connectivity index (χ0) is 20.1. The lowest BCUT2D eigenvalue weighted by Gasteiger charge is -2.14. The van der Waals surface area contributed by atoms with Crippen LogP contribution < -0.4 is 20.1 Å². The first-order valence-corrected chi connectivity index (χ1v) is 8.74. The molecule has 0 aliphatic carbocycles. The normalized spacial score (nSPS) is 12.8. The number of nitrogens with one attached hydrogen (secondary N) is 2. The zero-order valence-corrected chi connectivity index (χ0v) is 15.6. The Labute approximate surface area is 165 Å². The summed E-state index contributed by atoms with van der Waals surface area (Å²) in [5, 5.41) is 5.49. The van der Waals surface area contributed by atoms with Crippen LogP contribution >= 0.6 is 11.6 Å². The van der Waals surface area contributed by atoms with Crippen molar-refractivity contribution >= 4 is 35.1 Å². The number of rotatable bonds is 6. The summed E-state index contributed by atoms with van der Waals surface area (Å²) in [5.41, 5.74) is 0.792. The maximum absolute atomic E-state index is 12.1. The fourth-order valence-electron chi connectivity index (χ4n) is 2.39. The lowest BCUT2D eigenvalue weighted by atomic mass is 10.2. The van der Waals surface area contributed by atoms with Gasteiger partial charge in [-0.1, -0.05) is 17.7 Å². The molecule has 9 heteroatoms. The van der Waals surface area contributed by atoms with E-state index in [1.807, 2.05) is 0 Å². The highest BCUT2D eigenvalue weighted by Crippen LogP contribution is 2.32. The van der Waals surface area contributed by atoms with E-state index >= 15 is 0 Å². The van der Waals surface area contributed by atoms with E-state index in [0.29, 0.717) is 27.8 Å². The van der Waals surface area contributed by atoms with Crippen molar-refractivity contribution in [3.05, 3.63) is 53.1 Å². The number of benzene rings is 2. The van der Waals surface area contributed by atoms with E-state index in [1.54, 1.807) is 36.4 Å². The number of carbonyl (C=O) groups is 3. The molecule has 8 nitrogen and oxygen atoms in total. The minimum atomic E-state index is -1.05. The molecule has 28 heavy (non-hydrogen) atoms. The van der Waals surface area contributed by atoms with Crippen LogP contribution in [0.25, 0.3) is 0 Å². The predicted molar refractivity (Wildman–Crippen MR) is 101 cm³/mol. The van der Waals surface area contributed by atoms with Gasteiger partial charge < -0.3 is 24.8 Å². The smallest absolute Gasteiger partial charge is 0.326 e. The van der Waals surface area contributed by atoms with Gasteiger partial charge in [0.1, 0.15) is 6.54 Å². The quantitative estimate of drug-likeness (QED) is 0.716. The van der Waals surface area contributed by atoms with Gasteiger partial charge in [-0.2, -0.15) is 0 Å². The van der Waals surface area contributed by atoms with E-state index in [9.17, 15) is 14.4 Å². The van der Waals surface area contributed by atoms with Gasteiger partial charge in [0.2, 0.25) is 6.79 Å². The van der Waals surface area contributed by atoms with Crippen molar-refractivity contribution in [3.8, 4) is 11.5 Å². The van der Waals surface area contributed by atoms with Gasteiger partial charge in [0.25, 0.3) is 11.8 Å². The third kappa shape index (κ3) is 4.92. The van der Waals surface area contributed by atoms with Crippen LogP contribution in [-0.4, -0.2) is 37.2 Å². The molecule has 0 saturated heterocycles. The standard InChI is InChI=1S/C19H17ClN2O6/c1-11(18(24)22-14-4-2-3-13(20)8-14)28-17(23)9-21-19(25)12-5-6-15-16(7-12)27-10-26-15/h2-8,11H,9-10H2,1H3,(H,21,25)(H,22,24)/t11-/m0/s1. The Morgan fingerprint density at radius 1 is 1.14 bits per heavy atom. The van der Waals surface area contributed by atoms with Gasteiger partial charge in [0.05, 0.1) is 0 Å². The van der Waals surface area contributed by atoms with Gasteiger partial charge >= 0.3 is 5.97 Å². The monoisotopic (exact) mass is 404 g/mol. The second-order valence-corrected chi connectivity index (χ2v) is 6.32. The molecular formula is C19H17ClN2O6. The lowest BCUT2D eigenvalue weighted by Crippen LogP contribution is -2.35. The maximum atomic E-state index is 12.1. The van der Waals surface area contributed by atoms with E-state index in [1.165, 1.54) is 13.0 Å². The summed E-state index contributed by atoms with van der Waals surface area (Å²) < 4.78 is 15.4. The Morgan fingerprint density at radius 3 is 2.71 bits per heavy atom. The molecule has 2 aromatic rings. The Balaban J connectivity index is 1.46. The molecule has 0 unspecified atom stereocenters. The highest BCUT2D eigenvalue weighted by Gasteiger charge is 2.20.